The zero-order valence-corrected chi connectivity index (χ0v) is 14.7. The maximum atomic E-state index is 12.6. The van der Waals surface area contributed by atoms with E-state index in [-0.39, 0.29) is 23.4 Å². The van der Waals surface area contributed by atoms with E-state index in [1.54, 1.807) is 19.1 Å². The molecule has 0 aromatic heterocycles. The van der Waals surface area contributed by atoms with Crippen LogP contribution in [-0.4, -0.2) is 27.5 Å². The smallest absolute Gasteiger partial charge is 0.251 e. The van der Waals surface area contributed by atoms with Crippen LogP contribution in [0.2, 0.25) is 0 Å². The number of carbonyl (C=O) groups excluding carboxylic acids is 1. The molecule has 1 amide bonds. The van der Waals surface area contributed by atoms with E-state index in [9.17, 15) is 13.2 Å². The van der Waals surface area contributed by atoms with Crippen molar-refractivity contribution in [1.82, 2.24) is 10.0 Å². The Labute approximate surface area is 147 Å². The molecule has 0 saturated carbocycles. The van der Waals surface area contributed by atoms with Gasteiger partial charge in [-0.15, -0.1) is 0 Å². The summed E-state index contributed by atoms with van der Waals surface area (Å²) in [4.78, 5) is 12.7. The van der Waals surface area contributed by atoms with Crippen molar-refractivity contribution in [3.05, 3.63) is 59.7 Å². The summed E-state index contributed by atoms with van der Waals surface area (Å²) in [5.41, 5.74) is 1.24. The van der Waals surface area contributed by atoms with Gasteiger partial charge in [0.25, 0.3) is 5.91 Å². The largest absolute Gasteiger partial charge is 0.493 e. The summed E-state index contributed by atoms with van der Waals surface area (Å²) in [5.74, 6) is 0.456. The second-order valence-electron chi connectivity index (χ2n) is 5.73. The Hall–Kier alpha value is -2.38. The van der Waals surface area contributed by atoms with Crippen molar-refractivity contribution in [2.45, 2.75) is 24.3 Å². The fourth-order valence-corrected chi connectivity index (χ4v) is 3.90. The van der Waals surface area contributed by atoms with Crippen molar-refractivity contribution in [3.63, 3.8) is 0 Å². The third-order valence-corrected chi connectivity index (χ3v) is 5.55. The molecule has 1 atom stereocenters. The van der Waals surface area contributed by atoms with Crippen LogP contribution in [0.1, 0.15) is 35.3 Å². The number of fused-ring (bicyclic) bond motifs is 1. The third kappa shape index (κ3) is 3.83. The molecule has 0 fully saturated rings. The molecule has 0 spiro atoms. The van der Waals surface area contributed by atoms with Crippen molar-refractivity contribution in [2.75, 3.05) is 13.2 Å². The fourth-order valence-electron chi connectivity index (χ4n) is 2.81. The lowest BCUT2D eigenvalue weighted by Gasteiger charge is -2.26. The molecular weight excluding hydrogens is 340 g/mol. The molecule has 0 bridgehead atoms. The van der Waals surface area contributed by atoms with Crippen molar-refractivity contribution < 1.29 is 17.9 Å². The number of ether oxygens (including phenoxy) is 1. The lowest BCUT2D eigenvalue weighted by molar-refractivity contribution is 0.0924. The monoisotopic (exact) mass is 360 g/mol. The van der Waals surface area contributed by atoms with Gasteiger partial charge >= 0.3 is 0 Å². The number of sulfonamides is 1. The van der Waals surface area contributed by atoms with Crippen LogP contribution >= 0.6 is 0 Å². The van der Waals surface area contributed by atoms with Crippen LogP contribution in [0.15, 0.2) is 53.4 Å². The normalized spacial score (nSPS) is 16.6. The van der Waals surface area contributed by atoms with Crippen molar-refractivity contribution in [1.29, 1.82) is 0 Å². The van der Waals surface area contributed by atoms with Gasteiger partial charge in [-0.25, -0.2) is 13.1 Å². The summed E-state index contributed by atoms with van der Waals surface area (Å²) in [6.45, 7) is 2.52. The number of amides is 1. The van der Waals surface area contributed by atoms with E-state index in [0.29, 0.717) is 18.6 Å². The van der Waals surface area contributed by atoms with Crippen LogP contribution in [0, 0.1) is 0 Å². The predicted octanol–water partition coefficient (Wildman–Crippen LogP) is 2.24. The van der Waals surface area contributed by atoms with Crippen LogP contribution in [0.4, 0.5) is 0 Å². The van der Waals surface area contributed by atoms with Gasteiger partial charge in [-0.2, -0.15) is 0 Å². The summed E-state index contributed by atoms with van der Waals surface area (Å²) < 4.78 is 32.2. The van der Waals surface area contributed by atoms with Gasteiger partial charge in [0.15, 0.2) is 0 Å². The highest BCUT2D eigenvalue weighted by atomic mass is 32.2. The van der Waals surface area contributed by atoms with Gasteiger partial charge in [0.1, 0.15) is 5.75 Å². The van der Waals surface area contributed by atoms with Crippen LogP contribution in [0.5, 0.6) is 5.75 Å². The first-order chi connectivity index (χ1) is 12.0. The van der Waals surface area contributed by atoms with E-state index in [1.807, 2.05) is 24.3 Å². The van der Waals surface area contributed by atoms with Gasteiger partial charge in [0, 0.05) is 24.1 Å². The second kappa shape index (κ2) is 7.25. The summed E-state index contributed by atoms with van der Waals surface area (Å²) in [5, 5.41) is 2.97. The predicted molar refractivity (Wildman–Crippen MR) is 94.1 cm³/mol. The van der Waals surface area contributed by atoms with Crippen LogP contribution < -0.4 is 14.8 Å². The molecule has 0 unspecified atom stereocenters. The zero-order chi connectivity index (χ0) is 17.9. The van der Waals surface area contributed by atoms with Crippen molar-refractivity contribution in [2.24, 2.45) is 0 Å². The Morgan fingerprint density at radius 2 is 2.00 bits per heavy atom. The average Bonchev–Trinajstić information content (AvgIpc) is 2.62. The Morgan fingerprint density at radius 3 is 2.80 bits per heavy atom. The summed E-state index contributed by atoms with van der Waals surface area (Å²) in [6, 6.07) is 13.4. The minimum absolute atomic E-state index is 0.0781. The van der Waals surface area contributed by atoms with E-state index < -0.39 is 10.0 Å². The lowest BCUT2D eigenvalue weighted by atomic mass is 10.00. The van der Waals surface area contributed by atoms with Gasteiger partial charge in [-0.05, 0) is 24.3 Å². The number of carbonyl (C=O) groups is 1. The number of rotatable bonds is 5. The first-order valence-corrected chi connectivity index (χ1v) is 9.62. The van der Waals surface area contributed by atoms with Crippen LogP contribution in [-0.2, 0) is 10.0 Å². The van der Waals surface area contributed by atoms with E-state index in [2.05, 4.69) is 10.0 Å². The van der Waals surface area contributed by atoms with Gasteiger partial charge in [-0.3, -0.25) is 4.79 Å². The molecule has 1 aliphatic heterocycles. The molecule has 1 heterocycles. The summed E-state index contributed by atoms with van der Waals surface area (Å²) >= 11 is 0. The molecule has 6 nitrogen and oxygen atoms in total. The molecule has 0 radical (unpaired) electrons. The SMILES string of the molecule is CCNS(=O)(=O)c1cccc(C(=O)N[C@@H]2CCOc3ccccc32)c1. The van der Waals surface area contributed by atoms with Gasteiger partial charge in [0.2, 0.25) is 10.0 Å². The quantitative estimate of drug-likeness (QED) is 0.856. The molecular formula is C18H20N2O4S. The first kappa shape index (κ1) is 17.4. The molecule has 0 saturated heterocycles. The molecule has 0 aliphatic carbocycles. The Balaban J connectivity index is 1.81. The molecule has 132 valence electrons. The highest BCUT2D eigenvalue weighted by Crippen LogP contribution is 2.31. The molecule has 2 aromatic carbocycles. The average molecular weight is 360 g/mol. The summed E-state index contributed by atoms with van der Waals surface area (Å²) in [6.07, 6.45) is 0.665. The Bertz CT molecular complexity index is 880. The van der Waals surface area contributed by atoms with Crippen LogP contribution in [0.3, 0.4) is 0 Å². The third-order valence-electron chi connectivity index (χ3n) is 4.00. The highest BCUT2D eigenvalue weighted by Gasteiger charge is 2.23. The second-order valence-corrected chi connectivity index (χ2v) is 7.50. The molecule has 2 aromatic rings. The maximum Gasteiger partial charge on any atom is 0.251 e. The van der Waals surface area contributed by atoms with E-state index in [1.165, 1.54) is 12.1 Å². The fraction of sp³-hybridized carbons (Fsp3) is 0.278. The summed E-state index contributed by atoms with van der Waals surface area (Å²) in [7, 11) is -3.60. The lowest BCUT2D eigenvalue weighted by Crippen LogP contribution is -2.32. The zero-order valence-electron chi connectivity index (χ0n) is 13.9. The number of benzene rings is 2. The van der Waals surface area contributed by atoms with Gasteiger partial charge in [0.05, 0.1) is 17.5 Å². The van der Waals surface area contributed by atoms with Gasteiger partial charge in [-0.1, -0.05) is 31.2 Å². The first-order valence-electron chi connectivity index (χ1n) is 8.13. The topological polar surface area (TPSA) is 84.5 Å². The van der Waals surface area contributed by atoms with E-state index in [4.69, 9.17) is 4.74 Å². The number of nitrogens with one attached hydrogen (secondary N) is 2. The molecule has 1 aliphatic rings. The standard InChI is InChI=1S/C18H20N2O4S/c1-2-19-25(22,23)14-7-5-6-13(12-14)18(21)20-16-10-11-24-17-9-4-3-8-15(16)17/h3-9,12,16,19H,2,10-11H2,1H3,(H,20,21)/t16-/m1/s1. The van der Waals surface area contributed by atoms with Crippen molar-refractivity contribution in [3.8, 4) is 5.75 Å². The van der Waals surface area contributed by atoms with E-state index in [0.717, 1.165) is 11.3 Å². The van der Waals surface area contributed by atoms with Crippen LogP contribution in [0.25, 0.3) is 0 Å². The number of hydrogen-bond acceptors (Lipinski definition) is 4. The Kier molecular flexibility index (Phi) is 5.06. The molecule has 25 heavy (non-hydrogen) atoms. The number of hydrogen-bond donors (Lipinski definition) is 2. The maximum absolute atomic E-state index is 12.6. The number of para-hydroxylation sites is 1. The van der Waals surface area contributed by atoms with Crippen molar-refractivity contribution >= 4 is 15.9 Å². The molecule has 2 N–H and O–H groups in total. The minimum Gasteiger partial charge on any atom is -0.493 e. The highest BCUT2D eigenvalue weighted by molar-refractivity contribution is 7.89. The Morgan fingerprint density at radius 1 is 1.20 bits per heavy atom. The molecule has 3 rings (SSSR count). The van der Waals surface area contributed by atoms with E-state index >= 15 is 0 Å². The minimum atomic E-state index is -3.60. The molecule has 7 heteroatoms. The van der Waals surface area contributed by atoms with Gasteiger partial charge < -0.3 is 10.1 Å².